The molecular weight excluding hydrogens is 408 g/mol. The van der Waals surface area contributed by atoms with E-state index in [-0.39, 0.29) is 23.8 Å². The molecule has 184 valence electrons. The Morgan fingerprint density at radius 1 is 1.22 bits per heavy atom. The molecule has 0 unspecified atom stereocenters. The molecule has 32 heavy (non-hydrogen) atoms. The lowest BCUT2D eigenvalue weighted by Gasteiger charge is -2.37. The average Bonchev–Trinajstić information content (AvgIpc) is 2.76. The lowest BCUT2D eigenvalue weighted by molar-refractivity contribution is -0.129. The predicted octanol–water partition coefficient (Wildman–Crippen LogP) is 3.26. The number of ether oxygens (including phenoxy) is 3. The minimum atomic E-state index is -0.769. The molecule has 0 bridgehead atoms. The van der Waals surface area contributed by atoms with Crippen molar-refractivity contribution < 1.29 is 24.1 Å². The van der Waals surface area contributed by atoms with Crippen molar-refractivity contribution in [3.8, 4) is 11.5 Å². The normalized spacial score (nSPS) is 14.5. The maximum atomic E-state index is 11.5. The summed E-state index contributed by atoms with van der Waals surface area (Å²) in [6.07, 6.45) is 2.49. The van der Waals surface area contributed by atoms with E-state index < -0.39 is 12.1 Å². The summed E-state index contributed by atoms with van der Waals surface area (Å²) >= 11 is 0. The lowest BCUT2D eigenvalue weighted by atomic mass is 9.70. The van der Waals surface area contributed by atoms with Crippen molar-refractivity contribution in [3.05, 3.63) is 23.8 Å². The number of methoxy groups -OCH3 is 2. The van der Waals surface area contributed by atoms with E-state index in [4.69, 9.17) is 19.9 Å². The van der Waals surface area contributed by atoms with Crippen LogP contribution in [0.5, 0.6) is 11.5 Å². The Labute approximate surface area is 194 Å². The largest absolute Gasteiger partial charge is 0.493 e. The molecule has 3 N–H and O–H groups in total. The van der Waals surface area contributed by atoms with Gasteiger partial charge in [-0.15, -0.1) is 0 Å². The number of benzene rings is 1. The van der Waals surface area contributed by atoms with E-state index in [1.54, 1.807) is 21.3 Å². The smallest absolute Gasteiger partial charge is 0.219 e. The molecule has 3 atom stereocenters. The summed E-state index contributed by atoms with van der Waals surface area (Å²) in [6, 6.07) is 5.62. The molecule has 0 saturated heterocycles. The molecule has 1 amide bonds. The van der Waals surface area contributed by atoms with Crippen LogP contribution < -0.4 is 15.2 Å². The van der Waals surface area contributed by atoms with Gasteiger partial charge in [0.15, 0.2) is 11.5 Å². The summed E-state index contributed by atoms with van der Waals surface area (Å²) < 4.78 is 16.5. The van der Waals surface area contributed by atoms with Gasteiger partial charge < -0.3 is 30.0 Å². The van der Waals surface area contributed by atoms with Crippen molar-refractivity contribution >= 4 is 5.91 Å². The zero-order chi connectivity index (χ0) is 24.3. The maximum Gasteiger partial charge on any atom is 0.219 e. The standard InChI is InChI=1S/C25H44N2O5/c1-8-25(3,4)20(16-21(26)22(29)17-27(5)18(2)28)14-19-10-11-23(31-7)24(15-19)32-13-9-12-30-6/h10-11,15,20-22,29H,8-9,12-14,16-17,26H2,1-7H3/t20-,21-,22-/m0/s1. The number of hydrogen-bond acceptors (Lipinski definition) is 6. The van der Waals surface area contributed by atoms with Crippen molar-refractivity contribution in [2.75, 3.05) is 41.0 Å². The van der Waals surface area contributed by atoms with Crippen LogP contribution in [0.1, 0.15) is 52.5 Å². The van der Waals surface area contributed by atoms with E-state index >= 15 is 0 Å². The third-order valence-electron chi connectivity index (χ3n) is 6.53. The van der Waals surface area contributed by atoms with Crippen molar-refractivity contribution in [3.63, 3.8) is 0 Å². The number of aliphatic hydroxyl groups excluding tert-OH is 1. The number of amides is 1. The molecule has 1 aromatic carbocycles. The number of carbonyl (C=O) groups excluding carboxylic acids is 1. The molecule has 0 aliphatic heterocycles. The van der Waals surface area contributed by atoms with E-state index in [2.05, 4.69) is 26.8 Å². The second-order valence-corrected chi connectivity index (χ2v) is 9.29. The van der Waals surface area contributed by atoms with Crippen LogP contribution in [0.3, 0.4) is 0 Å². The van der Waals surface area contributed by atoms with Crippen LogP contribution in [0.15, 0.2) is 18.2 Å². The molecule has 1 rings (SSSR count). The van der Waals surface area contributed by atoms with Gasteiger partial charge in [0.2, 0.25) is 5.91 Å². The van der Waals surface area contributed by atoms with E-state index in [1.807, 2.05) is 12.1 Å². The number of nitrogens with two attached hydrogens (primary N) is 1. The first-order chi connectivity index (χ1) is 15.0. The minimum absolute atomic E-state index is 0.0310. The Morgan fingerprint density at radius 3 is 2.47 bits per heavy atom. The Kier molecular flexibility index (Phi) is 12.0. The van der Waals surface area contributed by atoms with Gasteiger partial charge in [-0.05, 0) is 41.9 Å². The maximum absolute atomic E-state index is 11.5. The molecule has 0 spiro atoms. The summed E-state index contributed by atoms with van der Waals surface area (Å²) in [5.74, 6) is 1.59. The summed E-state index contributed by atoms with van der Waals surface area (Å²) in [5, 5.41) is 10.6. The van der Waals surface area contributed by atoms with Crippen LogP contribution in [0.25, 0.3) is 0 Å². The third-order valence-corrected chi connectivity index (χ3v) is 6.53. The van der Waals surface area contributed by atoms with Gasteiger partial charge in [0, 0.05) is 46.7 Å². The van der Waals surface area contributed by atoms with Crippen LogP contribution >= 0.6 is 0 Å². The van der Waals surface area contributed by atoms with Crippen LogP contribution in [-0.2, 0) is 16.0 Å². The van der Waals surface area contributed by atoms with Gasteiger partial charge in [-0.3, -0.25) is 4.79 Å². The second-order valence-electron chi connectivity index (χ2n) is 9.29. The highest BCUT2D eigenvalue weighted by molar-refractivity contribution is 5.72. The van der Waals surface area contributed by atoms with Crippen LogP contribution in [0, 0.1) is 11.3 Å². The fourth-order valence-electron chi connectivity index (χ4n) is 3.63. The van der Waals surface area contributed by atoms with Gasteiger partial charge in [0.25, 0.3) is 0 Å². The Balaban J connectivity index is 2.98. The van der Waals surface area contributed by atoms with Gasteiger partial charge in [-0.2, -0.15) is 0 Å². The van der Waals surface area contributed by atoms with Crippen LogP contribution in [-0.4, -0.2) is 69.1 Å². The summed E-state index contributed by atoms with van der Waals surface area (Å²) in [5.41, 5.74) is 7.57. The number of carbonyl (C=O) groups is 1. The molecule has 0 aliphatic carbocycles. The Morgan fingerprint density at radius 2 is 1.91 bits per heavy atom. The third kappa shape index (κ3) is 8.96. The van der Waals surface area contributed by atoms with Crippen LogP contribution in [0.4, 0.5) is 0 Å². The lowest BCUT2D eigenvalue weighted by Crippen LogP contribution is -2.46. The van der Waals surface area contributed by atoms with E-state index in [0.29, 0.717) is 25.4 Å². The first kappa shape index (κ1) is 28.2. The highest BCUT2D eigenvalue weighted by atomic mass is 16.5. The molecular formula is C25H44N2O5. The van der Waals surface area contributed by atoms with Crippen molar-refractivity contribution in [1.29, 1.82) is 0 Å². The zero-order valence-corrected chi connectivity index (χ0v) is 21.0. The highest BCUT2D eigenvalue weighted by Crippen LogP contribution is 2.38. The molecule has 7 heteroatoms. The summed E-state index contributed by atoms with van der Waals surface area (Å²) in [4.78, 5) is 13.0. The van der Waals surface area contributed by atoms with Crippen molar-refractivity contribution in [2.24, 2.45) is 17.1 Å². The first-order valence-corrected chi connectivity index (χ1v) is 11.5. The van der Waals surface area contributed by atoms with E-state index in [1.165, 1.54) is 11.8 Å². The topological polar surface area (TPSA) is 94.2 Å². The Hall–Kier alpha value is -1.83. The zero-order valence-electron chi connectivity index (χ0n) is 21.0. The predicted molar refractivity (Wildman–Crippen MR) is 128 cm³/mol. The minimum Gasteiger partial charge on any atom is -0.493 e. The van der Waals surface area contributed by atoms with Gasteiger partial charge in [-0.25, -0.2) is 0 Å². The van der Waals surface area contributed by atoms with Gasteiger partial charge in [0.1, 0.15) is 0 Å². The van der Waals surface area contributed by atoms with Crippen molar-refractivity contribution in [1.82, 2.24) is 4.90 Å². The number of rotatable bonds is 15. The second kappa shape index (κ2) is 13.7. The SMILES string of the molecule is CCC(C)(C)[C@@H](Cc1ccc(OC)c(OCCCOC)c1)C[C@H](N)[C@@H](O)CN(C)C(C)=O. The fraction of sp³-hybridized carbons (Fsp3) is 0.720. The quantitative estimate of drug-likeness (QED) is 0.397. The van der Waals surface area contributed by atoms with Gasteiger partial charge in [0.05, 0.1) is 19.8 Å². The molecule has 0 radical (unpaired) electrons. The van der Waals surface area contributed by atoms with Crippen molar-refractivity contribution in [2.45, 2.75) is 65.5 Å². The monoisotopic (exact) mass is 452 g/mol. The van der Waals surface area contributed by atoms with E-state index in [9.17, 15) is 9.90 Å². The molecule has 0 aromatic heterocycles. The van der Waals surface area contributed by atoms with Crippen LogP contribution in [0.2, 0.25) is 0 Å². The summed E-state index contributed by atoms with van der Waals surface area (Å²) in [7, 11) is 4.99. The summed E-state index contributed by atoms with van der Waals surface area (Å²) in [6.45, 7) is 9.58. The molecule has 0 saturated carbocycles. The first-order valence-electron chi connectivity index (χ1n) is 11.5. The molecule has 0 heterocycles. The van der Waals surface area contributed by atoms with Gasteiger partial charge >= 0.3 is 0 Å². The van der Waals surface area contributed by atoms with Gasteiger partial charge in [-0.1, -0.05) is 33.3 Å². The highest BCUT2D eigenvalue weighted by Gasteiger charge is 2.32. The number of aliphatic hydroxyl groups is 1. The number of hydrogen-bond donors (Lipinski definition) is 2. The van der Waals surface area contributed by atoms with E-state index in [0.717, 1.165) is 30.6 Å². The number of nitrogens with zero attached hydrogens (tertiary/aromatic N) is 1. The Bertz CT molecular complexity index is 695. The molecule has 0 aliphatic rings. The molecule has 7 nitrogen and oxygen atoms in total. The number of likely N-dealkylation sites (N-methyl/N-ethyl adjacent to an activating group) is 1. The molecule has 0 fully saturated rings. The molecule has 1 aromatic rings. The fourth-order valence-corrected chi connectivity index (χ4v) is 3.63. The average molecular weight is 453 g/mol.